The van der Waals surface area contributed by atoms with Gasteiger partial charge in [-0.2, -0.15) is 0 Å². The summed E-state index contributed by atoms with van der Waals surface area (Å²) in [5, 5.41) is 24.2. The fraction of sp³-hybridized carbons (Fsp3) is 0.588. The molecule has 0 radical (unpaired) electrons. The highest BCUT2D eigenvalue weighted by molar-refractivity contribution is 5.73. The number of nitro benzene ring substituents is 1. The van der Waals surface area contributed by atoms with Crippen LogP contribution in [0.5, 0.6) is 5.75 Å². The Labute approximate surface area is 155 Å². The lowest BCUT2D eigenvalue weighted by Gasteiger charge is -2.49. The van der Waals surface area contributed by atoms with Crippen molar-refractivity contribution >= 4 is 11.6 Å². The molecular formula is C17H22N2O8. The van der Waals surface area contributed by atoms with Crippen molar-refractivity contribution in [3.8, 4) is 5.75 Å². The number of fused-ring (bicyclic) bond motifs is 1. The van der Waals surface area contributed by atoms with Crippen LogP contribution in [0.1, 0.15) is 20.8 Å². The molecule has 2 heterocycles. The number of amides is 1. The zero-order valence-electron chi connectivity index (χ0n) is 15.2. The van der Waals surface area contributed by atoms with E-state index in [1.807, 2.05) is 0 Å². The number of nitrogens with one attached hydrogen (secondary N) is 1. The van der Waals surface area contributed by atoms with E-state index in [-0.39, 0.29) is 18.2 Å². The zero-order chi connectivity index (χ0) is 19.8. The van der Waals surface area contributed by atoms with E-state index in [1.165, 1.54) is 31.2 Å². The number of nitro groups is 1. The summed E-state index contributed by atoms with van der Waals surface area (Å²) in [6, 6.07) is 4.52. The van der Waals surface area contributed by atoms with Crippen LogP contribution in [0, 0.1) is 10.1 Å². The second-order valence-electron chi connectivity index (χ2n) is 6.92. The van der Waals surface area contributed by atoms with E-state index in [0.717, 1.165) is 0 Å². The van der Waals surface area contributed by atoms with Gasteiger partial charge < -0.3 is 29.4 Å². The number of nitrogens with zero attached hydrogens (tertiary/aromatic N) is 1. The van der Waals surface area contributed by atoms with Crippen LogP contribution in [0.15, 0.2) is 24.3 Å². The summed E-state index contributed by atoms with van der Waals surface area (Å²) in [6.07, 6.45) is -3.43. The van der Waals surface area contributed by atoms with E-state index < -0.39 is 41.4 Å². The van der Waals surface area contributed by atoms with E-state index >= 15 is 0 Å². The van der Waals surface area contributed by atoms with Gasteiger partial charge in [-0.25, -0.2) is 0 Å². The molecule has 2 N–H and O–H groups in total. The molecule has 1 amide bonds. The fourth-order valence-corrected chi connectivity index (χ4v) is 3.11. The van der Waals surface area contributed by atoms with Gasteiger partial charge in [0.05, 0.1) is 11.5 Å². The van der Waals surface area contributed by atoms with E-state index in [2.05, 4.69) is 5.32 Å². The molecule has 1 aromatic rings. The Hall–Kier alpha value is -2.27. The standard InChI is InChI=1S/C17H22N2O8/c1-9(20)18-13-14(21)15-12(8-24-17(2,3)27-15)26-16(13)25-11-6-4-10(5-7-11)19(22)23/h4-7,12-16,21H,8H2,1-3H3,(H,18,20)/t12-,13+,14-,15-,16-/m1/s1. The van der Waals surface area contributed by atoms with Gasteiger partial charge in [0.1, 0.15) is 30.1 Å². The minimum atomic E-state index is -1.10. The van der Waals surface area contributed by atoms with Crippen LogP contribution < -0.4 is 10.1 Å². The Balaban J connectivity index is 1.79. The molecule has 2 fully saturated rings. The van der Waals surface area contributed by atoms with Crippen LogP contribution in [0.3, 0.4) is 0 Å². The van der Waals surface area contributed by atoms with Gasteiger partial charge in [0.25, 0.3) is 5.69 Å². The summed E-state index contributed by atoms with van der Waals surface area (Å²) in [4.78, 5) is 21.8. The van der Waals surface area contributed by atoms with Gasteiger partial charge >= 0.3 is 0 Å². The van der Waals surface area contributed by atoms with Crippen molar-refractivity contribution in [1.82, 2.24) is 5.32 Å². The van der Waals surface area contributed by atoms with Crippen LogP contribution in [0.2, 0.25) is 0 Å². The molecule has 0 aliphatic carbocycles. The highest BCUT2D eigenvalue weighted by atomic mass is 16.8. The van der Waals surface area contributed by atoms with Gasteiger partial charge in [0.15, 0.2) is 5.79 Å². The van der Waals surface area contributed by atoms with Crippen LogP contribution in [0.4, 0.5) is 5.69 Å². The molecule has 10 heteroatoms. The van der Waals surface area contributed by atoms with Crippen molar-refractivity contribution in [2.45, 2.75) is 57.2 Å². The third kappa shape index (κ3) is 4.35. The molecule has 1 aromatic carbocycles. The minimum absolute atomic E-state index is 0.0817. The molecular weight excluding hydrogens is 360 g/mol. The Bertz CT molecular complexity index is 707. The first-order valence-corrected chi connectivity index (χ1v) is 8.50. The smallest absolute Gasteiger partial charge is 0.269 e. The molecule has 10 nitrogen and oxygen atoms in total. The van der Waals surface area contributed by atoms with Crippen LogP contribution in [0.25, 0.3) is 0 Å². The first-order valence-electron chi connectivity index (χ1n) is 8.50. The zero-order valence-corrected chi connectivity index (χ0v) is 15.2. The summed E-state index contributed by atoms with van der Waals surface area (Å²) in [6.45, 7) is 4.95. The number of rotatable bonds is 4. The quantitative estimate of drug-likeness (QED) is 0.575. The van der Waals surface area contributed by atoms with Gasteiger partial charge in [-0.15, -0.1) is 0 Å². The average molecular weight is 382 g/mol. The molecule has 2 aliphatic heterocycles. The molecule has 0 saturated carbocycles. The van der Waals surface area contributed by atoms with Crippen molar-refractivity contribution in [1.29, 1.82) is 0 Å². The first-order chi connectivity index (χ1) is 12.7. The normalized spacial score (nSPS) is 32.2. The van der Waals surface area contributed by atoms with Crippen molar-refractivity contribution in [3.63, 3.8) is 0 Å². The topological polar surface area (TPSA) is 129 Å². The van der Waals surface area contributed by atoms with E-state index in [1.54, 1.807) is 13.8 Å². The lowest BCUT2D eigenvalue weighted by molar-refractivity contribution is -0.384. The Kier molecular flexibility index (Phi) is 5.33. The number of non-ortho nitro benzene ring substituents is 1. The predicted octanol–water partition coefficient (Wildman–Crippen LogP) is 0.716. The molecule has 0 spiro atoms. The lowest BCUT2D eigenvalue weighted by atomic mass is 9.95. The molecule has 5 atom stereocenters. The summed E-state index contributed by atoms with van der Waals surface area (Å²) >= 11 is 0. The van der Waals surface area contributed by atoms with Gasteiger partial charge in [-0.3, -0.25) is 14.9 Å². The van der Waals surface area contributed by atoms with E-state index in [4.69, 9.17) is 18.9 Å². The van der Waals surface area contributed by atoms with E-state index in [9.17, 15) is 20.0 Å². The van der Waals surface area contributed by atoms with Crippen molar-refractivity contribution < 1.29 is 33.8 Å². The van der Waals surface area contributed by atoms with Gasteiger partial charge in [0, 0.05) is 19.1 Å². The maximum atomic E-state index is 11.6. The van der Waals surface area contributed by atoms with Crippen LogP contribution >= 0.6 is 0 Å². The second kappa shape index (κ2) is 7.39. The Morgan fingerprint density at radius 3 is 2.63 bits per heavy atom. The second-order valence-corrected chi connectivity index (χ2v) is 6.92. The Morgan fingerprint density at radius 2 is 2.04 bits per heavy atom. The fourth-order valence-electron chi connectivity index (χ4n) is 3.11. The highest BCUT2D eigenvalue weighted by Crippen LogP contribution is 2.33. The number of ether oxygens (including phenoxy) is 4. The number of aliphatic hydroxyl groups is 1. The summed E-state index contributed by atoms with van der Waals surface area (Å²) < 4.78 is 22.9. The van der Waals surface area contributed by atoms with E-state index in [0.29, 0.717) is 5.75 Å². The maximum absolute atomic E-state index is 11.6. The molecule has 0 unspecified atom stereocenters. The van der Waals surface area contributed by atoms with Crippen LogP contribution in [-0.4, -0.2) is 59.0 Å². The number of carbonyl (C=O) groups excluding carboxylic acids is 1. The summed E-state index contributed by atoms with van der Waals surface area (Å²) in [7, 11) is 0. The van der Waals surface area contributed by atoms with Gasteiger partial charge in [-0.1, -0.05) is 0 Å². The van der Waals surface area contributed by atoms with Crippen molar-refractivity contribution in [2.75, 3.05) is 6.61 Å². The average Bonchev–Trinajstić information content (AvgIpc) is 2.59. The monoisotopic (exact) mass is 382 g/mol. The Morgan fingerprint density at radius 1 is 1.37 bits per heavy atom. The number of benzene rings is 1. The highest BCUT2D eigenvalue weighted by Gasteiger charge is 2.52. The SMILES string of the molecule is CC(=O)N[C@@H]1[C@H](Oc2ccc([N+](=O)[O-])cc2)O[C@@H]2COC(C)(C)O[C@H]2[C@@H]1O. The molecule has 27 heavy (non-hydrogen) atoms. The number of carbonyl (C=O) groups is 1. The van der Waals surface area contributed by atoms with Crippen molar-refractivity contribution in [3.05, 3.63) is 34.4 Å². The maximum Gasteiger partial charge on any atom is 0.269 e. The van der Waals surface area contributed by atoms with Crippen molar-refractivity contribution in [2.24, 2.45) is 0 Å². The molecule has 2 saturated heterocycles. The third-order valence-corrected chi connectivity index (χ3v) is 4.36. The molecule has 0 aromatic heterocycles. The largest absolute Gasteiger partial charge is 0.463 e. The summed E-state index contributed by atoms with van der Waals surface area (Å²) in [5.41, 5.74) is -0.0817. The predicted molar refractivity (Wildman–Crippen MR) is 90.9 cm³/mol. The minimum Gasteiger partial charge on any atom is -0.463 e. The van der Waals surface area contributed by atoms with Gasteiger partial charge in [-0.05, 0) is 26.0 Å². The molecule has 0 bridgehead atoms. The third-order valence-electron chi connectivity index (χ3n) is 4.36. The van der Waals surface area contributed by atoms with Gasteiger partial charge in [0.2, 0.25) is 12.2 Å². The number of hydrogen-bond donors (Lipinski definition) is 2. The first kappa shape index (κ1) is 19.5. The molecule has 2 aliphatic rings. The number of hydrogen-bond acceptors (Lipinski definition) is 8. The molecule has 148 valence electrons. The summed E-state index contributed by atoms with van der Waals surface area (Å²) in [5.74, 6) is -0.965. The van der Waals surface area contributed by atoms with Crippen LogP contribution in [-0.2, 0) is 19.0 Å². The number of aliphatic hydroxyl groups excluding tert-OH is 1. The lowest BCUT2D eigenvalue weighted by Crippen LogP contribution is -2.69. The molecule has 3 rings (SSSR count).